The van der Waals surface area contributed by atoms with Crippen LogP contribution in [0.5, 0.6) is 0 Å². The minimum Gasteiger partial charge on any atom is -0.398 e. The third-order valence-corrected chi connectivity index (χ3v) is 4.10. The second-order valence-corrected chi connectivity index (χ2v) is 5.53. The van der Waals surface area contributed by atoms with Crippen LogP contribution >= 0.6 is 11.8 Å². The number of fused-ring (bicyclic) bond motifs is 1. The zero-order valence-corrected chi connectivity index (χ0v) is 11.1. The summed E-state index contributed by atoms with van der Waals surface area (Å²) in [5.74, 6) is -1.35. The number of amides is 1. The highest BCUT2D eigenvalue weighted by Crippen LogP contribution is 2.38. The molecule has 0 saturated heterocycles. The smallest absolute Gasteiger partial charge is 0.228 e. The lowest BCUT2D eigenvalue weighted by molar-refractivity contribution is -0.115. The molecule has 0 aliphatic carbocycles. The van der Waals surface area contributed by atoms with Gasteiger partial charge in [0.1, 0.15) is 11.6 Å². The van der Waals surface area contributed by atoms with E-state index in [4.69, 9.17) is 5.73 Å². The molecular weight excluding hydrogens is 282 g/mol. The van der Waals surface area contributed by atoms with Crippen molar-refractivity contribution in [3.63, 3.8) is 0 Å². The van der Waals surface area contributed by atoms with Gasteiger partial charge >= 0.3 is 0 Å². The third kappa shape index (κ3) is 2.34. The molecule has 2 aromatic rings. The Morgan fingerprint density at radius 3 is 2.70 bits per heavy atom. The molecule has 6 heteroatoms. The van der Waals surface area contributed by atoms with Crippen molar-refractivity contribution < 1.29 is 13.6 Å². The van der Waals surface area contributed by atoms with Gasteiger partial charge in [0.05, 0.1) is 6.42 Å². The summed E-state index contributed by atoms with van der Waals surface area (Å²) < 4.78 is 26.5. The Labute approximate surface area is 118 Å². The van der Waals surface area contributed by atoms with E-state index >= 15 is 0 Å². The first-order valence-corrected chi connectivity index (χ1v) is 6.70. The number of anilines is 2. The summed E-state index contributed by atoms with van der Waals surface area (Å²) >= 11 is 1.10. The van der Waals surface area contributed by atoms with Crippen LogP contribution in [0, 0.1) is 11.6 Å². The minimum absolute atomic E-state index is 0.0884. The number of carbonyl (C=O) groups excluding carboxylic acids is 1. The van der Waals surface area contributed by atoms with Crippen LogP contribution in [0.1, 0.15) is 5.56 Å². The van der Waals surface area contributed by atoms with Crippen molar-refractivity contribution in [2.45, 2.75) is 16.2 Å². The summed E-state index contributed by atoms with van der Waals surface area (Å²) in [6.07, 6.45) is 0.301. The van der Waals surface area contributed by atoms with Crippen LogP contribution in [0.4, 0.5) is 20.2 Å². The van der Waals surface area contributed by atoms with Crippen molar-refractivity contribution in [3.05, 3.63) is 47.5 Å². The monoisotopic (exact) mass is 292 g/mol. The van der Waals surface area contributed by atoms with Crippen molar-refractivity contribution in [2.24, 2.45) is 0 Å². The molecule has 3 rings (SSSR count). The zero-order chi connectivity index (χ0) is 14.3. The third-order valence-electron chi connectivity index (χ3n) is 2.97. The first kappa shape index (κ1) is 12.9. The Morgan fingerprint density at radius 1 is 1.15 bits per heavy atom. The van der Waals surface area contributed by atoms with E-state index in [1.54, 1.807) is 12.1 Å². The molecule has 1 amide bonds. The lowest BCUT2D eigenvalue weighted by Crippen LogP contribution is -2.03. The van der Waals surface area contributed by atoms with Gasteiger partial charge in [-0.15, -0.1) is 0 Å². The van der Waals surface area contributed by atoms with E-state index in [0.29, 0.717) is 22.7 Å². The Hall–Kier alpha value is -2.08. The first-order valence-electron chi connectivity index (χ1n) is 5.88. The van der Waals surface area contributed by atoms with Crippen molar-refractivity contribution in [2.75, 3.05) is 11.1 Å². The van der Waals surface area contributed by atoms with Gasteiger partial charge in [-0.25, -0.2) is 8.78 Å². The molecule has 1 aliphatic rings. The van der Waals surface area contributed by atoms with Gasteiger partial charge in [0.15, 0.2) is 0 Å². The lowest BCUT2D eigenvalue weighted by atomic mass is 10.1. The van der Waals surface area contributed by atoms with E-state index in [1.807, 2.05) is 0 Å². The predicted octanol–water partition coefficient (Wildman–Crippen LogP) is 3.19. The average Bonchev–Trinajstić information content (AvgIpc) is 2.72. The number of benzene rings is 2. The molecular formula is C14H10F2N2OS. The lowest BCUT2D eigenvalue weighted by Gasteiger charge is -2.09. The number of hydrogen-bond donors (Lipinski definition) is 2. The van der Waals surface area contributed by atoms with Gasteiger partial charge in [-0.1, -0.05) is 11.8 Å². The fraction of sp³-hybridized carbons (Fsp3) is 0.0714. The van der Waals surface area contributed by atoms with E-state index in [9.17, 15) is 13.6 Å². The van der Waals surface area contributed by atoms with Gasteiger partial charge in [0, 0.05) is 27.2 Å². The normalized spacial score (nSPS) is 13.2. The van der Waals surface area contributed by atoms with Crippen LogP contribution in [0.25, 0.3) is 0 Å². The molecule has 0 aromatic heterocycles. The summed E-state index contributed by atoms with van der Waals surface area (Å²) in [6, 6.07) is 6.80. The van der Waals surface area contributed by atoms with E-state index in [0.717, 1.165) is 23.4 Å². The standard InChI is InChI=1S/C14H10F2N2OS/c15-8-1-2-12(9(16)5-8)20-13-6-11-7(3-10(13)17)4-14(19)18-11/h1-3,5-6H,4,17H2,(H,18,19). The quantitative estimate of drug-likeness (QED) is 0.836. The number of hydrogen-bond acceptors (Lipinski definition) is 3. The van der Waals surface area contributed by atoms with E-state index < -0.39 is 11.6 Å². The molecule has 2 aromatic carbocycles. The maximum atomic E-state index is 13.6. The number of nitrogens with two attached hydrogens (primary N) is 1. The molecule has 0 saturated carbocycles. The molecule has 0 fully saturated rings. The van der Waals surface area contributed by atoms with E-state index in [-0.39, 0.29) is 10.8 Å². The fourth-order valence-corrected chi connectivity index (χ4v) is 2.92. The highest BCUT2D eigenvalue weighted by atomic mass is 32.2. The Bertz CT molecular complexity index is 719. The van der Waals surface area contributed by atoms with Crippen molar-refractivity contribution in [1.29, 1.82) is 0 Å². The highest BCUT2D eigenvalue weighted by Gasteiger charge is 2.20. The number of halogens is 2. The van der Waals surface area contributed by atoms with Crippen LogP contribution in [0.2, 0.25) is 0 Å². The molecule has 0 spiro atoms. The summed E-state index contributed by atoms with van der Waals surface area (Å²) in [6.45, 7) is 0. The summed E-state index contributed by atoms with van der Waals surface area (Å²) in [5.41, 5.74) is 7.90. The van der Waals surface area contributed by atoms with Crippen LogP contribution in [0.3, 0.4) is 0 Å². The summed E-state index contributed by atoms with van der Waals surface area (Å²) in [5, 5.41) is 2.71. The molecule has 102 valence electrons. The average molecular weight is 292 g/mol. The van der Waals surface area contributed by atoms with Gasteiger partial charge < -0.3 is 11.1 Å². The van der Waals surface area contributed by atoms with Crippen molar-refractivity contribution >= 4 is 29.0 Å². The summed E-state index contributed by atoms with van der Waals surface area (Å²) in [4.78, 5) is 12.2. The van der Waals surface area contributed by atoms with Gasteiger partial charge in [0.2, 0.25) is 5.91 Å². The van der Waals surface area contributed by atoms with Gasteiger partial charge in [-0.2, -0.15) is 0 Å². The molecule has 3 nitrogen and oxygen atoms in total. The summed E-state index contributed by atoms with van der Waals surface area (Å²) in [7, 11) is 0. The maximum absolute atomic E-state index is 13.6. The Kier molecular flexibility index (Phi) is 3.10. The molecule has 0 atom stereocenters. The molecule has 0 bridgehead atoms. The van der Waals surface area contributed by atoms with Crippen LogP contribution in [0.15, 0.2) is 40.1 Å². The maximum Gasteiger partial charge on any atom is 0.228 e. The Morgan fingerprint density at radius 2 is 1.95 bits per heavy atom. The van der Waals surface area contributed by atoms with Crippen LogP contribution < -0.4 is 11.1 Å². The number of carbonyl (C=O) groups is 1. The predicted molar refractivity (Wildman–Crippen MR) is 73.7 cm³/mol. The number of nitrogen functional groups attached to an aromatic ring is 1. The van der Waals surface area contributed by atoms with Gasteiger partial charge in [0.25, 0.3) is 0 Å². The Balaban J connectivity index is 1.95. The van der Waals surface area contributed by atoms with Crippen molar-refractivity contribution in [1.82, 2.24) is 0 Å². The second-order valence-electron chi connectivity index (χ2n) is 4.45. The number of rotatable bonds is 2. The van der Waals surface area contributed by atoms with Crippen LogP contribution in [-0.2, 0) is 11.2 Å². The molecule has 0 radical (unpaired) electrons. The minimum atomic E-state index is -0.640. The van der Waals surface area contributed by atoms with Crippen molar-refractivity contribution in [3.8, 4) is 0 Å². The molecule has 1 heterocycles. The second kappa shape index (κ2) is 4.79. The zero-order valence-electron chi connectivity index (χ0n) is 10.2. The van der Waals surface area contributed by atoms with E-state index in [1.165, 1.54) is 12.1 Å². The van der Waals surface area contributed by atoms with Crippen LogP contribution in [-0.4, -0.2) is 5.91 Å². The first-order chi connectivity index (χ1) is 9.52. The molecule has 20 heavy (non-hydrogen) atoms. The SMILES string of the molecule is Nc1cc2c(cc1Sc1ccc(F)cc1F)NC(=O)C2. The van der Waals surface area contributed by atoms with Gasteiger partial charge in [-0.05, 0) is 29.8 Å². The molecule has 1 aliphatic heterocycles. The topological polar surface area (TPSA) is 55.1 Å². The fourth-order valence-electron chi connectivity index (χ4n) is 2.04. The highest BCUT2D eigenvalue weighted by molar-refractivity contribution is 7.99. The largest absolute Gasteiger partial charge is 0.398 e. The van der Waals surface area contributed by atoms with Gasteiger partial charge in [-0.3, -0.25) is 4.79 Å². The van der Waals surface area contributed by atoms with E-state index in [2.05, 4.69) is 5.32 Å². The molecule has 3 N–H and O–H groups in total. The molecule has 0 unspecified atom stereocenters. The number of nitrogens with one attached hydrogen (secondary N) is 1.